The van der Waals surface area contributed by atoms with E-state index in [0.29, 0.717) is 38.3 Å². The van der Waals surface area contributed by atoms with E-state index in [0.717, 1.165) is 33.5 Å². The van der Waals surface area contributed by atoms with E-state index >= 15 is 0 Å². The van der Waals surface area contributed by atoms with Crippen molar-refractivity contribution in [2.24, 2.45) is 0 Å². The molecule has 1 aromatic heterocycles. The molecule has 1 saturated heterocycles. The van der Waals surface area contributed by atoms with E-state index in [4.69, 9.17) is 14.2 Å². The predicted molar refractivity (Wildman–Crippen MR) is 159 cm³/mol. The maximum atomic E-state index is 14.1. The van der Waals surface area contributed by atoms with E-state index in [1.54, 1.807) is 20.4 Å². The van der Waals surface area contributed by atoms with E-state index in [2.05, 4.69) is 4.98 Å². The summed E-state index contributed by atoms with van der Waals surface area (Å²) in [4.78, 5) is 22.4. The number of carbonyl (C=O) groups is 1. The number of fused-ring (bicyclic) bond motifs is 1. The molecule has 214 valence electrons. The van der Waals surface area contributed by atoms with Gasteiger partial charge in [-0.3, -0.25) is 9.78 Å². The number of ether oxygens (including phenoxy) is 3. The summed E-state index contributed by atoms with van der Waals surface area (Å²) in [5, 5.41) is 11.6. The van der Waals surface area contributed by atoms with Gasteiger partial charge in [-0.2, -0.15) is 0 Å². The Balaban J connectivity index is 1.22. The van der Waals surface area contributed by atoms with Crippen LogP contribution < -0.4 is 14.2 Å². The minimum atomic E-state index is -0.780. The van der Waals surface area contributed by atoms with Gasteiger partial charge in [-0.15, -0.1) is 0 Å². The average Bonchev–Trinajstić information content (AvgIpc) is 3.35. The molecule has 0 spiro atoms. The first kappa shape index (κ1) is 28.4. The number of aromatic nitrogens is 1. The van der Waals surface area contributed by atoms with Crippen LogP contribution in [0.15, 0.2) is 85.1 Å². The molecule has 8 nitrogen and oxygen atoms in total. The van der Waals surface area contributed by atoms with Crippen LogP contribution in [0.5, 0.6) is 17.2 Å². The lowest BCUT2D eigenvalue weighted by atomic mass is 9.73. The summed E-state index contributed by atoms with van der Waals surface area (Å²) in [5.41, 5.74) is 1.96. The Morgan fingerprint density at radius 3 is 2.24 bits per heavy atom. The lowest BCUT2D eigenvalue weighted by Gasteiger charge is -2.30. The molecule has 8 heteroatoms. The van der Waals surface area contributed by atoms with Gasteiger partial charge in [-0.1, -0.05) is 30.3 Å². The number of aliphatic hydroxyl groups excluding tert-OH is 1. The third kappa shape index (κ3) is 5.99. The van der Waals surface area contributed by atoms with Gasteiger partial charge in [0, 0.05) is 37.8 Å². The van der Waals surface area contributed by atoms with E-state index in [1.807, 2.05) is 95.7 Å². The van der Waals surface area contributed by atoms with Crippen LogP contribution in [0.25, 0.3) is 10.9 Å². The number of methoxy groups -OCH3 is 2. The highest BCUT2D eigenvalue weighted by molar-refractivity contribution is 5.94. The molecule has 0 bridgehead atoms. The number of likely N-dealkylation sites (tertiary alicyclic amines) is 1. The maximum absolute atomic E-state index is 14.1. The molecule has 1 unspecified atom stereocenters. The van der Waals surface area contributed by atoms with Crippen LogP contribution in [0, 0.1) is 0 Å². The van der Waals surface area contributed by atoms with Gasteiger partial charge in [0.15, 0.2) is 0 Å². The lowest BCUT2D eigenvalue weighted by Crippen LogP contribution is -2.42. The van der Waals surface area contributed by atoms with Crippen molar-refractivity contribution in [1.29, 1.82) is 0 Å². The summed E-state index contributed by atoms with van der Waals surface area (Å²) in [5.74, 6) is 2.28. The highest BCUT2D eigenvalue weighted by atomic mass is 16.5. The molecule has 1 fully saturated rings. The number of nitrogens with zero attached hydrogens (tertiary/aromatic N) is 3. The van der Waals surface area contributed by atoms with Crippen LogP contribution in [-0.4, -0.2) is 86.0 Å². The standard InChI is InChI=1S/C33H37N3O5/c1-35(22-26(37)23-41-31-8-4-7-30-29(31)6-5-18-34-30)20-21-36-19-17-33(32(36)38,24-9-13-27(39-2)14-10-24)25-11-15-28(40-3)16-12-25/h4-16,18,26,37H,17,19-23H2,1-3H3. The third-order valence-corrected chi connectivity index (χ3v) is 7.89. The Morgan fingerprint density at radius 2 is 1.61 bits per heavy atom. The number of aliphatic hydroxyl groups is 1. The van der Waals surface area contributed by atoms with Gasteiger partial charge in [0.1, 0.15) is 35.4 Å². The smallest absolute Gasteiger partial charge is 0.237 e. The topological polar surface area (TPSA) is 84.4 Å². The van der Waals surface area contributed by atoms with Gasteiger partial charge in [0.25, 0.3) is 0 Å². The second kappa shape index (κ2) is 12.6. The fourth-order valence-corrected chi connectivity index (χ4v) is 5.63. The molecular weight excluding hydrogens is 518 g/mol. The quantitative estimate of drug-likeness (QED) is 0.281. The van der Waals surface area contributed by atoms with Gasteiger partial charge in [-0.25, -0.2) is 0 Å². The molecule has 2 heterocycles. The van der Waals surface area contributed by atoms with Crippen molar-refractivity contribution < 1.29 is 24.1 Å². The van der Waals surface area contributed by atoms with Crippen LogP contribution in [0.1, 0.15) is 17.5 Å². The SMILES string of the molecule is COc1ccc(C2(c3ccc(OC)cc3)CCN(CCN(C)CC(O)COc3cccc4ncccc34)C2=O)cc1. The molecule has 3 aromatic carbocycles. The fourth-order valence-electron chi connectivity index (χ4n) is 5.63. The van der Waals surface area contributed by atoms with Gasteiger partial charge >= 0.3 is 0 Å². The first-order valence-electron chi connectivity index (χ1n) is 13.9. The van der Waals surface area contributed by atoms with E-state index in [-0.39, 0.29) is 12.5 Å². The van der Waals surface area contributed by atoms with Crippen molar-refractivity contribution in [3.05, 3.63) is 96.2 Å². The van der Waals surface area contributed by atoms with Gasteiger partial charge in [0.2, 0.25) is 5.91 Å². The van der Waals surface area contributed by atoms with Crippen LogP contribution in [0.3, 0.4) is 0 Å². The molecular formula is C33H37N3O5. The minimum absolute atomic E-state index is 0.0784. The lowest BCUT2D eigenvalue weighted by molar-refractivity contribution is -0.131. The summed E-state index contributed by atoms with van der Waals surface area (Å²) in [7, 11) is 5.22. The van der Waals surface area contributed by atoms with Gasteiger partial charge in [-0.05, 0) is 73.1 Å². The monoisotopic (exact) mass is 555 g/mol. The van der Waals surface area contributed by atoms with Crippen LogP contribution in [0.2, 0.25) is 0 Å². The van der Waals surface area contributed by atoms with Crippen molar-refractivity contribution in [3.8, 4) is 17.2 Å². The fraction of sp³-hybridized carbons (Fsp3) is 0.333. The molecule has 1 amide bonds. The molecule has 4 aromatic rings. The summed E-state index contributed by atoms with van der Waals surface area (Å²) >= 11 is 0. The number of hydrogen-bond donors (Lipinski definition) is 1. The average molecular weight is 556 g/mol. The summed E-state index contributed by atoms with van der Waals surface area (Å²) in [6.07, 6.45) is 1.74. The van der Waals surface area contributed by atoms with Gasteiger partial charge in [0.05, 0.1) is 19.7 Å². The number of carbonyl (C=O) groups excluding carboxylic acids is 1. The number of hydrogen-bond acceptors (Lipinski definition) is 7. The van der Waals surface area contributed by atoms with Crippen LogP contribution in [0.4, 0.5) is 0 Å². The third-order valence-electron chi connectivity index (χ3n) is 7.89. The number of rotatable bonds is 12. The van der Waals surface area contributed by atoms with Gasteiger partial charge < -0.3 is 29.1 Å². The number of pyridine rings is 1. The molecule has 41 heavy (non-hydrogen) atoms. The number of likely N-dealkylation sites (N-methyl/N-ethyl adjacent to an activating group) is 1. The largest absolute Gasteiger partial charge is 0.497 e. The van der Waals surface area contributed by atoms with E-state index < -0.39 is 11.5 Å². The summed E-state index contributed by atoms with van der Waals surface area (Å²) in [6, 6.07) is 25.1. The number of amides is 1. The second-order valence-corrected chi connectivity index (χ2v) is 10.5. The van der Waals surface area contributed by atoms with Crippen molar-refractivity contribution in [2.75, 3.05) is 54.1 Å². The normalized spacial score (nSPS) is 15.3. The zero-order chi connectivity index (χ0) is 28.8. The molecule has 1 N–H and O–H groups in total. The second-order valence-electron chi connectivity index (χ2n) is 10.5. The first-order chi connectivity index (χ1) is 19.9. The van der Waals surface area contributed by atoms with E-state index in [1.165, 1.54) is 0 Å². The zero-order valence-corrected chi connectivity index (χ0v) is 23.8. The highest BCUT2D eigenvalue weighted by Gasteiger charge is 2.49. The highest BCUT2D eigenvalue weighted by Crippen LogP contribution is 2.43. The Bertz CT molecular complexity index is 1410. The van der Waals surface area contributed by atoms with Crippen molar-refractivity contribution >= 4 is 16.8 Å². The zero-order valence-electron chi connectivity index (χ0n) is 23.8. The first-order valence-corrected chi connectivity index (χ1v) is 13.9. The molecule has 1 aliphatic rings. The Labute approximate surface area is 241 Å². The molecule has 5 rings (SSSR count). The molecule has 0 saturated carbocycles. The Morgan fingerprint density at radius 1 is 0.951 bits per heavy atom. The summed E-state index contributed by atoms with van der Waals surface area (Å²) in [6.45, 7) is 2.42. The molecule has 0 radical (unpaired) electrons. The molecule has 0 aliphatic carbocycles. The minimum Gasteiger partial charge on any atom is -0.497 e. The van der Waals surface area contributed by atoms with E-state index in [9.17, 15) is 9.90 Å². The Kier molecular flexibility index (Phi) is 8.71. The molecule has 1 atom stereocenters. The predicted octanol–water partition coefficient (Wildman–Crippen LogP) is 4.14. The van der Waals surface area contributed by atoms with Crippen LogP contribution in [-0.2, 0) is 10.2 Å². The Hall–Kier alpha value is -4.14. The summed E-state index contributed by atoms with van der Waals surface area (Å²) < 4.78 is 16.7. The van der Waals surface area contributed by atoms with Crippen molar-refractivity contribution in [1.82, 2.24) is 14.8 Å². The number of benzene rings is 3. The van der Waals surface area contributed by atoms with Crippen molar-refractivity contribution in [3.63, 3.8) is 0 Å². The van der Waals surface area contributed by atoms with Crippen LogP contribution >= 0.6 is 0 Å². The maximum Gasteiger partial charge on any atom is 0.237 e. The molecule has 1 aliphatic heterocycles. The van der Waals surface area contributed by atoms with Crippen molar-refractivity contribution in [2.45, 2.75) is 17.9 Å².